The molecule has 0 aromatic carbocycles. The van der Waals surface area contributed by atoms with Crippen LogP contribution in [-0.4, -0.2) is 28.5 Å². The highest BCUT2D eigenvalue weighted by atomic mass is 15.1. The molecule has 0 saturated carbocycles. The molecule has 106 valence electrons. The van der Waals surface area contributed by atoms with E-state index < -0.39 is 0 Å². The molecule has 0 atom stereocenters. The summed E-state index contributed by atoms with van der Waals surface area (Å²) in [5.74, 6) is 0. The molecule has 4 heteroatoms. The van der Waals surface area contributed by atoms with Gasteiger partial charge in [-0.05, 0) is 37.4 Å². The molecule has 0 fully saturated rings. The van der Waals surface area contributed by atoms with Gasteiger partial charge in [0.1, 0.15) is 0 Å². The highest BCUT2D eigenvalue weighted by Crippen LogP contribution is 2.07. The van der Waals surface area contributed by atoms with Crippen LogP contribution in [0.1, 0.15) is 23.9 Å². The molecule has 0 unspecified atom stereocenters. The van der Waals surface area contributed by atoms with Gasteiger partial charge in [0.15, 0.2) is 0 Å². The summed E-state index contributed by atoms with van der Waals surface area (Å²) in [6.45, 7) is 5.72. The van der Waals surface area contributed by atoms with Crippen molar-refractivity contribution in [3.63, 3.8) is 0 Å². The van der Waals surface area contributed by atoms with Gasteiger partial charge in [0, 0.05) is 32.0 Å². The van der Waals surface area contributed by atoms with Crippen molar-refractivity contribution >= 4 is 0 Å². The van der Waals surface area contributed by atoms with Gasteiger partial charge in [0.2, 0.25) is 0 Å². The van der Waals surface area contributed by atoms with Crippen LogP contribution in [0.3, 0.4) is 0 Å². The number of nitrogens with zero attached hydrogens (tertiary/aromatic N) is 3. The highest BCUT2D eigenvalue weighted by Gasteiger charge is 2.06. The summed E-state index contributed by atoms with van der Waals surface area (Å²) in [6.07, 6.45) is 3.79. The molecule has 0 aliphatic carbocycles. The van der Waals surface area contributed by atoms with Gasteiger partial charge >= 0.3 is 0 Å². The van der Waals surface area contributed by atoms with E-state index in [1.807, 2.05) is 31.6 Å². The molecular formula is C16H22N4. The monoisotopic (exact) mass is 270 g/mol. The lowest BCUT2D eigenvalue weighted by molar-refractivity contribution is 0.265. The van der Waals surface area contributed by atoms with E-state index in [4.69, 9.17) is 0 Å². The van der Waals surface area contributed by atoms with Crippen LogP contribution >= 0.6 is 0 Å². The average molecular weight is 270 g/mol. The summed E-state index contributed by atoms with van der Waals surface area (Å²) >= 11 is 0. The molecule has 2 rings (SSSR count). The lowest BCUT2D eigenvalue weighted by Crippen LogP contribution is -2.23. The van der Waals surface area contributed by atoms with Gasteiger partial charge in [0.05, 0.1) is 11.4 Å². The number of hydrogen-bond donors (Lipinski definition) is 1. The first-order valence-electron chi connectivity index (χ1n) is 7.02. The predicted octanol–water partition coefficient (Wildman–Crippen LogP) is 2.22. The molecule has 1 N–H and O–H groups in total. The molecule has 0 aliphatic rings. The normalized spacial score (nSPS) is 10.9. The summed E-state index contributed by atoms with van der Waals surface area (Å²) in [5.41, 5.74) is 3.41. The molecule has 0 radical (unpaired) electrons. The maximum absolute atomic E-state index is 4.52. The van der Waals surface area contributed by atoms with E-state index in [2.05, 4.69) is 45.3 Å². The smallest absolute Gasteiger partial charge is 0.0544 e. The van der Waals surface area contributed by atoms with E-state index in [0.717, 1.165) is 37.6 Å². The molecule has 0 amide bonds. The summed E-state index contributed by atoms with van der Waals surface area (Å²) in [4.78, 5) is 11.2. The minimum absolute atomic E-state index is 0.854. The van der Waals surface area contributed by atoms with E-state index in [-0.39, 0.29) is 0 Å². The van der Waals surface area contributed by atoms with Crippen molar-refractivity contribution in [2.45, 2.75) is 26.6 Å². The highest BCUT2D eigenvalue weighted by molar-refractivity contribution is 5.14. The second-order valence-electron chi connectivity index (χ2n) is 4.81. The molecule has 2 aromatic heterocycles. The Morgan fingerprint density at radius 1 is 1.05 bits per heavy atom. The number of pyridine rings is 2. The molecule has 0 bridgehead atoms. The van der Waals surface area contributed by atoms with Crippen molar-refractivity contribution in [2.75, 3.05) is 13.6 Å². The van der Waals surface area contributed by atoms with Crippen LogP contribution in [-0.2, 0) is 19.6 Å². The lowest BCUT2D eigenvalue weighted by atomic mass is 10.2. The third kappa shape index (κ3) is 4.40. The van der Waals surface area contributed by atoms with Crippen LogP contribution in [0.4, 0.5) is 0 Å². The van der Waals surface area contributed by atoms with Crippen molar-refractivity contribution in [2.24, 2.45) is 0 Å². The second kappa shape index (κ2) is 7.72. The molecule has 2 aromatic rings. The van der Waals surface area contributed by atoms with Crippen LogP contribution in [0.5, 0.6) is 0 Å². The van der Waals surface area contributed by atoms with Crippen LogP contribution in [0, 0.1) is 0 Å². The first-order valence-corrected chi connectivity index (χ1v) is 7.02. The number of hydrogen-bond acceptors (Lipinski definition) is 4. The minimum atomic E-state index is 0.854. The Bertz CT molecular complexity index is 496. The molecule has 0 saturated heterocycles. The first kappa shape index (κ1) is 14.6. The molecule has 4 nitrogen and oxygen atoms in total. The molecule has 20 heavy (non-hydrogen) atoms. The predicted molar refractivity (Wildman–Crippen MR) is 81.0 cm³/mol. The van der Waals surface area contributed by atoms with Gasteiger partial charge in [-0.2, -0.15) is 0 Å². The summed E-state index contributed by atoms with van der Waals surface area (Å²) in [6, 6.07) is 10.3. The molecular weight excluding hydrogens is 248 g/mol. The quantitative estimate of drug-likeness (QED) is 0.837. The second-order valence-corrected chi connectivity index (χ2v) is 4.81. The van der Waals surface area contributed by atoms with Gasteiger partial charge in [-0.15, -0.1) is 0 Å². The number of aromatic nitrogens is 2. The maximum Gasteiger partial charge on any atom is 0.0544 e. The summed E-state index contributed by atoms with van der Waals surface area (Å²) in [5, 5.41) is 3.13. The van der Waals surface area contributed by atoms with Crippen LogP contribution in [0.2, 0.25) is 0 Å². The fourth-order valence-electron chi connectivity index (χ4n) is 2.09. The van der Waals surface area contributed by atoms with Gasteiger partial charge in [-0.3, -0.25) is 14.9 Å². The average Bonchev–Trinajstić information content (AvgIpc) is 2.50. The van der Waals surface area contributed by atoms with Crippen LogP contribution < -0.4 is 5.32 Å². The maximum atomic E-state index is 4.52. The van der Waals surface area contributed by atoms with E-state index in [1.165, 1.54) is 5.56 Å². The Hall–Kier alpha value is -1.78. The minimum Gasteiger partial charge on any atom is -0.316 e. The molecule has 2 heterocycles. The Labute approximate surface area is 120 Å². The van der Waals surface area contributed by atoms with Gasteiger partial charge in [0.25, 0.3) is 0 Å². The standard InChI is InChI=1S/C16H22N4/c1-3-20(12-15-6-4-5-9-18-15)13-16-8-7-14(10-17-2)11-19-16/h4-9,11,17H,3,10,12-13H2,1-2H3. The third-order valence-corrected chi connectivity index (χ3v) is 3.21. The Balaban J connectivity index is 1.95. The van der Waals surface area contributed by atoms with Crippen LogP contribution in [0.25, 0.3) is 0 Å². The Kier molecular flexibility index (Phi) is 5.65. The van der Waals surface area contributed by atoms with Crippen molar-refractivity contribution in [3.8, 4) is 0 Å². The third-order valence-electron chi connectivity index (χ3n) is 3.21. The number of rotatable bonds is 7. The van der Waals surface area contributed by atoms with Crippen LogP contribution in [0.15, 0.2) is 42.7 Å². The van der Waals surface area contributed by atoms with E-state index >= 15 is 0 Å². The number of nitrogens with one attached hydrogen (secondary N) is 1. The molecule has 0 spiro atoms. The Morgan fingerprint density at radius 2 is 1.85 bits per heavy atom. The zero-order valence-corrected chi connectivity index (χ0v) is 12.2. The fourth-order valence-corrected chi connectivity index (χ4v) is 2.09. The largest absolute Gasteiger partial charge is 0.316 e. The zero-order chi connectivity index (χ0) is 14.2. The zero-order valence-electron chi connectivity index (χ0n) is 12.2. The van der Waals surface area contributed by atoms with Crippen molar-refractivity contribution in [1.82, 2.24) is 20.2 Å². The van der Waals surface area contributed by atoms with Gasteiger partial charge < -0.3 is 5.32 Å². The van der Waals surface area contributed by atoms with Gasteiger partial charge in [-0.1, -0.05) is 19.1 Å². The van der Waals surface area contributed by atoms with Crippen molar-refractivity contribution in [1.29, 1.82) is 0 Å². The van der Waals surface area contributed by atoms with E-state index in [9.17, 15) is 0 Å². The van der Waals surface area contributed by atoms with Gasteiger partial charge in [-0.25, -0.2) is 0 Å². The first-order chi connectivity index (χ1) is 9.81. The lowest BCUT2D eigenvalue weighted by Gasteiger charge is -2.19. The Morgan fingerprint density at radius 3 is 2.40 bits per heavy atom. The molecule has 0 aliphatic heterocycles. The topological polar surface area (TPSA) is 41.1 Å². The summed E-state index contributed by atoms with van der Waals surface area (Å²) in [7, 11) is 1.94. The van der Waals surface area contributed by atoms with Crippen molar-refractivity contribution in [3.05, 3.63) is 59.7 Å². The van der Waals surface area contributed by atoms with Crippen molar-refractivity contribution < 1.29 is 0 Å². The van der Waals surface area contributed by atoms with E-state index in [0.29, 0.717) is 0 Å². The SMILES string of the molecule is CCN(Cc1ccccn1)Cc1ccc(CNC)cn1. The fraction of sp³-hybridized carbons (Fsp3) is 0.375. The summed E-state index contributed by atoms with van der Waals surface area (Å²) < 4.78 is 0. The van der Waals surface area contributed by atoms with E-state index in [1.54, 1.807) is 0 Å².